The zero-order valence-electron chi connectivity index (χ0n) is 27.9. The zero-order valence-corrected chi connectivity index (χ0v) is 29.6. The molecule has 2 atom stereocenters. The molecule has 50 heavy (non-hydrogen) atoms. The van der Waals surface area contributed by atoms with Crippen LogP contribution in [0.3, 0.4) is 0 Å². The van der Waals surface area contributed by atoms with E-state index in [1.165, 1.54) is 34.8 Å². The van der Waals surface area contributed by atoms with E-state index in [0.717, 1.165) is 70.5 Å². The average molecular weight is 705 g/mol. The Bertz CT molecular complexity index is 2420. The number of ether oxygens (including phenoxy) is 1. The summed E-state index contributed by atoms with van der Waals surface area (Å²) in [6.45, 7) is 6.88. The maximum absolute atomic E-state index is 12.9. The molecule has 2 aliphatic rings. The summed E-state index contributed by atoms with van der Waals surface area (Å²) in [5.74, 6) is 1.52. The molecular weight excluding hydrogens is 669 g/mol. The summed E-state index contributed by atoms with van der Waals surface area (Å²) in [5.41, 5.74) is 5.31. The van der Waals surface area contributed by atoms with Gasteiger partial charge < -0.3 is 19.8 Å². The minimum absolute atomic E-state index is 0.122. The van der Waals surface area contributed by atoms with Gasteiger partial charge in [-0.1, -0.05) is 12.1 Å². The summed E-state index contributed by atoms with van der Waals surface area (Å²) in [7, 11) is 0. The van der Waals surface area contributed by atoms with Gasteiger partial charge in [0.15, 0.2) is 0 Å². The second kappa shape index (κ2) is 11.6. The molecule has 10 nitrogen and oxygen atoms in total. The molecule has 0 radical (unpaired) electrons. The van der Waals surface area contributed by atoms with Crippen molar-refractivity contribution in [1.82, 2.24) is 29.7 Å². The van der Waals surface area contributed by atoms with Crippen LogP contribution in [0.4, 0.5) is 9.59 Å². The van der Waals surface area contributed by atoms with Crippen LogP contribution in [0.15, 0.2) is 60.7 Å². The molecule has 2 fully saturated rings. The fourth-order valence-electron chi connectivity index (χ4n) is 7.41. The van der Waals surface area contributed by atoms with Crippen molar-refractivity contribution >= 4 is 77.1 Å². The molecule has 4 aromatic heterocycles. The third kappa shape index (κ3) is 5.47. The maximum Gasteiger partial charge on any atom is 0.410 e. The van der Waals surface area contributed by atoms with Crippen LogP contribution in [0.2, 0.25) is 0 Å². The number of carboxylic acid groups (broad SMARTS) is 1. The number of carbonyl (C=O) groups excluding carboxylic acids is 1. The molecule has 12 heteroatoms. The van der Waals surface area contributed by atoms with Crippen molar-refractivity contribution in [2.24, 2.45) is 0 Å². The Morgan fingerprint density at radius 2 is 1.26 bits per heavy atom. The fraction of sp³-hybridized carbons (Fsp3) is 0.316. The summed E-state index contributed by atoms with van der Waals surface area (Å²) in [4.78, 5) is 46.8. The largest absolute Gasteiger partial charge is 0.465 e. The van der Waals surface area contributed by atoms with Crippen molar-refractivity contribution in [3.8, 4) is 20.9 Å². The number of carbonyl (C=O) groups is 2. The van der Waals surface area contributed by atoms with E-state index in [4.69, 9.17) is 14.7 Å². The highest BCUT2D eigenvalue weighted by atomic mass is 32.1. The number of likely N-dealkylation sites (tertiary alicyclic amines) is 2. The van der Waals surface area contributed by atoms with Gasteiger partial charge in [0.2, 0.25) is 0 Å². The summed E-state index contributed by atoms with van der Waals surface area (Å²) in [6.07, 6.45) is 2.21. The topological polar surface area (TPSA) is 127 Å². The van der Waals surface area contributed by atoms with Crippen LogP contribution in [0.25, 0.3) is 63.1 Å². The van der Waals surface area contributed by atoms with Gasteiger partial charge in [0.1, 0.15) is 17.2 Å². The summed E-state index contributed by atoms with van der Waals surface area (Å²) >= 11 is 3.55. The van der Waals surface area contributed by atoms with Gasteiger partial charge in [-0.3, -0.25) is 9.80 Å². The van der Waals surface area contributed by atoms with Crippen molar-refractivity contribution in [3.05, 3.63) is 72.3 Å². The Balaban J connectivity index is 0.975. The molecule has 3 aromatic carbocycles. The monoisotopic (exact) mass is 704 g/mol. The molecule has 254 valence electrons. The second-order valence-electron chi connectivity index (χ2n) is 14.3. The van der Waals surface area contributed by atoms with E-state index in [-0.39, 0.29) is 18.2 Å². The molecule has 0 bridgehead atoms. The first-order valence-electron chi connectivity index (χ1n) is 17.0. The van der Waals surface area contributed by atoms with E-state index in [2.05, 4.69) is 64.6 Å². The van der Waals surface area contributed by atoms with Gasteiger partial charge in [-0.25, -0.2) is 19.6 Å². The highest BCUT2D eigenvalue weighted by Crippen LogP contribution is 2.42. The molecule has 7 aromatic rings. The Morgan fingerprint density at radius 3 is 1.76 bits per heavy atom. The summed E-state index contributed by atoms with van der Waals surface area (Å²) < 4.78 is 8.13. The van der Waals surface area contributed by atoms with Crippen LogP contribution in [0.1, 0.15) is 70.2 Å². The Hall–Kier alpha value is -4.94. The van der Waals surface area contributed by atoms with Crippen molar-refractivity contribution in [2.75, 3.05) is 13.1 Å². The number of rotatable bonds is 4. The van der Waals surface area contributed by atoms with Gasteiger partial charge in [0.25, 0.3) is 0 Å². The average Bonchev–Trinajstić information content (AvgIpc) is 3.92. The number of amides is 2. The summed E-state index contributed by atoms with van der Waals surface area (Å²) in [5, 5.41) is 12.0. The zero-order chi connectivity index (χ0) is 34.3. The number of H-pyrrole nitrogens is 2. The smallest absolute Gasteiger partial charge is 0.410 e. The van der Waals surface area contributed by atoms with Crippen LogP contribution in [-0.4, -0.2) is 65.7 Å². The first kappa shape index (κ1) is 31.1. The number of hydrogen-bond acceptors (Lipinski definition) is 7. The number of hydrogen-bond donors (Lipinski definition) is 3. The molecular formula is C38H36N6O4S2. The summed E-state index contributed by atoms with van der Waals surface area (Å²) in [6, 6.07) is 21.3. The number of benzene rings is 3. The van der Waals surface area contributed by atoms with E-state index in [9.17, 15) is 14.7 Å². The van der Waals surface area contributed by atoms with Crippen LogP contribution in [0.5, 0.6) is 0 Å². The molecule has 2 aliphatic heterocycles. The van der Waals surface area contributed by atoms with E-state index >= 15 is 0 Å². The molecule has 0 spiro atoms. The molecule has 2 amide bonds. The lowest BCUT2D eigenvalue weighted by Crippen LogP contribution is -2.36. The predicted molar refractivity (Wildman–Crippen MR) is 199 cm³/mol. The lowest BCUT2D eigenvalue weighted by molar-refractivity contribution is 0.0219. The van der Waals surface area contributed by atoms with E-state index < -0.39 is 11.7 Å². The van der Waals surface area contributed by atoms with Crippen LogP contribution in [0, 0.1) is 0 Å². The first-order valence-corrected chi connectivity index (χ1v) is 18.7. The lowest BCUT2D eigenvalue weighted by atomic mass is 10.1. The van der Waals surface area contributed by atoms with Crippen molar-refractivity contribution in [1.29, 1.82) is 0 Å². The molecule has 2 saturated heterocycles. The number of thiophene rings is 2. The SMILES string of the molecule is CC(C)(C)OC(=O)N1CCCC1c1nc2ccc(-c3cc4cc5sc(-c6ccc7nc(C8CCCN8C(=O)O)[nH]c7c6)cc5cc4s3)cc2[nH]1. The van der Waals surface area contributed by atoms with Gasteiger partial charge in [0.05, 0.1) is 34.2 Å². The quantitative estimate of drug-likeness (QED) is 0.167. The molecule has 0 aliphatic carbocycles. The Morgan fingerprint density at radius 1 is 0.760 bits per heavy atom. The minimum atomic E-state index is -0.896. The second-order valence-corrected chi connectivity index (χ2v) is 16.5. The van der Waals surface area contributed by atoms with Gasteiger partial charge in [-0.2, -0.15) is 0 Å². The van der Waals surface area contributed by atoms with Crippen LogP contribution < -0.4 is 0 Å². The number of aromatic amines is 2. The van der Waals surface area contributed by atoms with Gasteiger partial charge in [0, 0.05) is 32.2 Å². The highest BCUT2D eigenvalue weighted by molar-refractivity contribution is 7.23. The van der Waals surface area contributed by atoms with Gasteiger partial charge in [-0.15, -0.1) is 22.7 Å². The third-order valence-electron chi connectivity index (χ3n) is 9.74. The first-order chi connectivity index (χ1) is 24.1. The number of fused-ring (bicyclic) bond motifs is 4. The normalized spacial score (nSPS) is 18.4. The Labute approximate surface area is 295 Å². The maximum atomic E-state index is 12.9. The molecule has 3 N–H and O–H groups in total. The number of imidazole rings is 2. The van der Waals surface area contributed by atoms with Crippen molar-refractivity contribution < 1.29 is 19.4 Å². The minimum Gasteiger partial charge on any atom is -0.465 e. The van der Waals surface area contributed by atoms with Crippen molar-refractivity contribution in [2.45, 2.75) is 64.1 Å². The third-order valence-corrected chi connectivity index (χ3v) is 12.0. The standard InChI is InChI=1S/C38H36N6O4S2/c1-38(2,3)48-37(47)44-13-5-7-29(44)35-40-25-11-9-21(15-27(25)42-35)31-17-23-19-32-22(18-33(23)50-31)16-30(49-32)20-8-10-24-26(14-20)41-34(39-24)28-6-4-12-43(28)36(45)46/h8-11,14-19,28-29H,4-7,12-13H2,1-3H3,(H,39,41)(H,40,42)(H,45,46). The van der Waals surface area contributed by atoms with Crippen molar-refractivity contribution in [3.63, 3.8) is 0 Å². The highest BCUT2D eigenvalue weighted by Gasteiger charge is 2.35. The number of nitrogens with zero attached hydrogens (tertiary/aromatic N) is 4. The van der Waals surface area contributed by atoms with Crippen LogP contribution in [-0.2, 0) is 4.74 Å². The molecule has 2 unspecified atom stereocenters. The van der Waals surface area contributed by atoms with E-state index in [1.54, 1.807) is 27.6 Å². The Kier molecular flexibility index (Phi) is 7.18. The fourth-order valence-corrected chi connectivity index (χ4v) is 9.59. The predicted octanol–water partition coefficient (Wildman–Crippen LogP) is 10.1. The number of aromatic nitrogens is 4. The van der Waals surface area contributed by atoms with E-state index in [0.29, 0.717) is 13.1 Å². The van der Waals surface area contributed by atoms with E-state index in [1.807, 2.05) is 26.8 Å². The van der Waals surface area contributed by atoms with Gasteiger partial charge in [-0.05, 0) is 117 Å². The van der Waals surface area contributed by atoms with Gasteiger partial charge >= 0.3 is 12.2 Å². The molecule has 6 heterocycles. The molecule has 9 rings (SSSR count). The number of nitrogens with one attached hydrogen (secondary N) is 2. The lowest BCUT2D eigenvalue weighted by Gasteiger charge is -2.27. The van der Waals surface area contributed by atoms with Crippen LogP contribution >= 0.6 is 22.7 Å². The molecule has 0 saturated carbocycles.